The van der Waals surface area contributed by atoms with Crippen LogP contribution in [0.5, 0.6) is 5.75 Å². The number of nitriles is 1. The summed E-state index contributed by atoms with van der Waals surface area (Å²) in [5, 5.41) is 12.0. The molecular weight excluding hydrogens is 440 g/mol. The Kier molecular flexibility index (Phi) is 7.43. The van der Waals surface area contributed by atoms with Gasteiger partial charge in [0.1, 0.15) is 18.5 Å². The Bertz CT molecular complexity index is 1130. The van der Waals surface area contributed by atoms with E-state index in [9.17, 15) is 27.3 Å². The standard InChI is InChI=1S/C22H23F2N3O4S/c1-15(14-31-20-7-6-18(23)12-19(20)24)26-22(28)16-8-10-27(11-9-16)32(29,30)21-5-3-2-4-17(21)13-25/h2-7,12,15-16H,8-11,14H2,1H3,(H,26,28). The summed E-state index contributed by atoms with van der Waals surface area (Å²) in [6.07, 6.45) is 0.667. The van der Waals surface area contributed by atoms with Gasteiger partial charge in [-0.1, -0.05) is 12.1 Å². The van der Waals surface area contributed by atoms with E-state index < -0.39 is 27.7 Å². The van der Waals surface area contributed by atoms with Crippen molar-refractivity contribution in [3.05, 3.63) is 59.7 Å². The second kappa shape index (κ2) is 10.1. The number of hydrogen-bond acceptors (Lipinski definition) is 5. The Morgan fingerprint density at radius 3 is 2.59 bits per heavy atom. The molecular formula is C22H23F2N3O4S. The summed E-state index contributed by atoms with van der Waals surface area (Å²) >= 11 is 0. The zero-order valence-corrected chi connectivity index (χ0v) is 18.2. The molecule has 1 amide bonds. The number of nitrogens with one attached hydrogen (secondary N) is 1. The zero-order valence-electron chi connectivity index (χ0n) is 17.4. The van der Waals surface area contributed by atoms with Crippen molar-refractivity contribution in [3.8, 4) is 11.8 Å². The van der Waals surface area contributed by atoms with Crippen molar-refractivity contribution in [3.63, 3.8) is 0 Å². The summed E-state index contributed by atoms with van der Waals surface area (Å²) < 4.78 is 59.0. The highest BCUT2D eigenvalue weighted by Gasteiger charge is 2.33. The van der Waals surface area contributed by atoms with Gasteiger partial charge in [0.05, 0.1) is 16.5 Å². The molecule has 0 saturated carbocycles. The first kappa shape index (κ1) is 23.6. The number of halogens is 2. The third kappa shape index (κ3) is 5.41. The summed E-state index contributed by atoms with van der Waals surface area (Å²) in [5.74, 6) is -2.26. The van der Waals surface area contributed by atoms with E-state index in [-0.39, 0.29) is 47.7 Å². The van der Waals surface area contributed by atoms with Crippen LogP contribution in [0.15, 0.2) is 47.4 Å². The number of hydrogen-bond donors (Lipinski definition) is 1. The van der Waals surface area contributed by atoms with Gasteiger partial charge in [0.15, 0.2) is 11.6 Å². The van der Waals surface area contributed by atoms with E-state index in [1.807, 2.05) is 6.07 Å². The van der Waals surface area contributed by atoms with Crippen LogP contribution in [-0.2, 0) is 14.8 Å². The molecule has 7 nitrogen and oxygen atoms in total. The number of carbonyl (C=O) groups excluding carboxylic acids is 1. The quantitative estimate of drug-likeness (QED) is 0.681. The molecule has 32 heavy (non-hydrogen) atoms. The number of benzene rings is 2. The Labute approximate surface area is 185 Å². The lowest BCUT2D eigenvalue weighted by atomic mass is 9.97. The molecule has 170 valence electrons. The molecule has 2 aromatic carbocycles. The van der Waals surface area contributed by atoms with Crippen LogP contribution in [0.3, 0.4) is 0 Å². The number of piperidine rings is 1. The van der Waals surface area contributed by atoms with E-state index in [0.717, 1.165) is 12.1 Å². The molecule has 0 radical (unpaired) electrons. The number of rotatable bonds is 7. The molecule has 2 aromatic rings. The fourth-order valence-corrected chi connectivity index (χ4v) is 5.10. The lowest BCUT2D eigenvalue weighted by Gasteiger charge is -2.31. The molecule has 0 bridgehead atoms. The van der Waals surface area contributed by atoms with Gasteiger partial charge in [0.2, 0.25) is 15.9 Å². The second-order valence-electron chi connectivity index (χ2n) is 7.58. The van der Waals surface area contributed by atoms with Crippen molar-refractivity contribution in [2.75, 3.05) is 19.7 Å². The lowest BCUT2D eigenvalue weighted by Crippen LogP contribution is -2.46. The van der Waals surface area contributed by atoms with E-state index in [1.54, 1.807) is 19.1 Å². The number of nitrogens with zero attached hydrogens (tertiary/aromatic N) is 2. The fraction of sp³-hybridized carbons (Fsp3) is 0.364. The van der Waals surface area contributed by atoms with Crippen molar-refractivity contribution in [1.82, 2.24) is 9.62 Å². The first-order valence-corrected chi connectivity index (χ1v) is 11.5. The highest BCUT2D eigenvalue weighted by molar-refractivity contribution is 7.89. The van der Waals surface area contributed by atoms with Crippen LogP contribution in [0.4, 0.5) is 8.78 Å². The molecule has 0 aromatic heterocycles. The maximum absolute atomic E-state index is 13.6. The number of ether oxygens (including phenoxy) is 1. The van der Waals surface area contributed by atoms with Crippen LogP contribution in [-0.4, -0.2) is 44.4 Å². The minimum Gasteiger partial charge on any atom is -0.488 e. The molecule has 1 saturated heterocycles. The minimum atomic E-state index is -3.83. The van der Waals surface area contributed by atoms with E-state index >= 15 is 0 Å². The molecule has 1 heterocycles. The van der Waals surface area contributed by atoms with Gasteiger partial charge in [-0.15, -0.1) is 0 Å². The van der Waals surface area contributed by atoms with Crippen molar-refractivity contribution in [1.29, 1.82) is 5.26 Å². The lowest BCUT2D eigenvalue weighted by molar-refractivity contribution is -0.126. The molecule has 1 aliphatic rings. The van der Waals surface area contributed by atoms with Crippen LogP contribution >= 0.6 is 0 Å². The molecule has 1 fully saturated rings. The van der Waals surface area contributed by atoms with E-state index in [2.05, 4.69) is 5.32 Å². The summed E-state index contributed by atoms with van der Waals surface area (Å²) in [6.45, 7) is 2.00. The van der Waals surface area contributed by atoms with Crippen molar-refractivity contribution < 1.29 is 26.7 Å². The predicted octanol–water partition coefficient (Wildman–Crippen LogP) is 2.82. The van der Waals surface area contributed by atoms with E-state index in [1.165, 1.54) is 22.5 Å². The van der Waals surface area contributed by atoms with Gasteiger partial charge in [-0.25, -0.2) is 17.2 Å². The largest absolute Gasteiger partial charge is 0.488 e. The monoisotopic (exact) mass is 463 g/mol. The van der Waals surface area contributed by atoms with Gasteiger partial charge in [0, 0.05) is 25.1 Å². The van der Waals surface area contributed by atoms with E-state index in [4.69, 9.17) is 4.74 Å². The second-order valence-corrected chi connectivity index (χ2v) is 9.49. The first-order chi connectivity index (χ1) is 15.2. The van der Waals surface area contributed by atoms with Crippen LogP contribution in [0.1, 0.15) is 25.3 Å². The van der Waals surface area contributed by atoms with Gasteiger partial charge >= 0.3 is 0 Å². The predicted molar refractivity (Wildman–Crippen MR) is 112 cm³/mol. The normalized spacial score (nSPS) is 16.2. The highest BCUT2D eigenvalue weighted by Crippen LogP contribution is 2.26. The van der Waals surface area contributed by atoms with Crippen LogP contribution in [0.25, 0.3) is 0 Å². The van der Waals surface area contributed by atoms with Crippen LogP contribution < -0.4 is 10.1 Å². The molecule has 1 aliphatic heterocycles. The highest BCUT2D eigenvalue weighted by atomic mass is 32.2. The summed E-state index contributed by atoms with van der Waals surface area (Å²) in [7, 11) is -3.83. The summed E-state index contributed by atoms with van der Waals surface area (Å²) in [6, 6.07) is 10.5. The topological polar surface area (TPSA) is 99.5 Å². The third-order valence-corrected chi connectivity index (χ3v) is 7.18. The number of amides is 1. The molecule has 3 rings (SSSR count). The summed E-state index contributed by atoms with van der Waals surface area (Å²) in [5.41, 5.74) is 0.0822. The molecule has 1 atom stereocenters. The Hall–Kier alpha value is -3.03. The van der Waals surface area contributed by atoms with E-state index in [0.29, 0.717) is 12.8 Å². The molecule has 10 heteroatoms. The zero-order chi connectivity index (χ0) is 23.3. The molecule has 0 spiro atoms. The van der Waals surface area contributed by atoms with Crippen molar-refractivity contribution >= 4 is 15.9 Å². The maximum atomic E-state index is 13.6. The van der Waals surface area contributed by atoms with Gasteiger partial charge in [-0.3, -0.25) is 4.79 Å². The van der Waals surface area contributed by atoms with Crippen molar-refractivity contribution in [2.45, 2.75) is 30.7 Å². The molecule has 1 N–H and O–H groups in total. The Morgan fingerprint density at radius 2 is 1.94 bits per heavy atom. The average molecular weight is 464 g/mol. The smallest absolute Gasteiger partial charge is 0.244 e. The molecule has 1 unspecified atom stereocenters. The number of sulfonamides is 1. The maximum Gasteiger partial charge on any atom is 0.244 e. The Morgan fingerprint density at radius 1 is 1.25 bits per heavy atom. The van der Waals surface area contributed by atoms with Crippen molar-refractivity contribution in [2.24, 2.45) is 5.92 Å². The Balaban J connectivity index is 1.52. The van der Waals surface area contributed by atoms with Gasteiger partial charge in [-0.2, -0.15) is 9.57 Å². The van der Waals surface area contributed by atoms with Gasteiger partial charge in [-0.05, 0) is 44.0 Å². The van der Waals surface area contributed by atoms with Crippen LogP contribution in [0, 0.1) is 28.9 Å². The number of carbonyl (C=O) groups is 1. The SMILES string of the molecule is CC(COc1ccc(F)cc1F)NC(=O)C1CCN(S(=O)(=O)c2ccccc2C#N)CC1. The molecule has 0 aliphatic carbocycles. The van der Waals surface area contributed by atoms with Crippen LogP contribution in [0.2, 0.25) is 0 Å². The van der Waals surface area contributed by atoms with Gasteiger partial charge in [0.25, 0.3) is 0 Å². The average Bonchev–Trinajstić information content (AvgIpc) is 2.78. The summed E-state index contributed by atoms with van der Waals surface area (Å²) in [4.78, 5) is 12.5. The third-order valence-electron chi connectivity index (χ3n) is 5.22. The first-order valence-electron chi connectivity index (χ1n) is 10.1. The fourth-order valence-electron chi connectivity index (χ4n) is 3.49. The van der Waals surface area contributed by atoms with Gasteiger partial charge < -0.3 is 10.1 Å². The minimum absolute atomic E-state index is 0.00748.